The Labute approximate surface area is 130 Å². The van der Waals surface area contributed by atoms with Crippen LogP contribution in [0, 0.1) is 5.41 Å². The molecule has 0 fully saturated rings. The van der Waals surface area contributed by atoms with E-state index < -0.39 is 11.4 Å². The summed E-state index contributed by atoms with van der Waals surface area (Å²) >= 11 is 0. The van der Waals surface area contributed by atoms with Crippen LogP contribution in [0.25, 0.3) is 0 Å². The van der Waals surface area contributed by atoms with Gasteiger partial charge in [-0.05, 0) is 64.0 Å². The number of rotatable bonds is 6. The molecule has 0 N–H and O–H groups in total. The smallest absolute Gasteiger partial charge is 0.163 e. The van der Waals surface area contributed by atoms with Gasteiger partial charge in [0.1, 0.15) is 5.60 Å². The maximum absolute atomic E-state index is 6.07. The molecule has 1 aliphatic carbocycles. The van der Waals surface area contributed by atoms with E-state index in [9.17, 15) is 0 Å². The van der Waals surface area contributed by atoms with E-state index in [1.165, 1.54) is 30.4 Å². The van der Waals surface area contributed by atoms with Gasteiger partial charge in [0.15, 0.2) is 5.79 Å². The van der Waals surface area contributed by atoms with Gasteiger partial charge in [-0.1, -0.05) is 38.2 Å². The highest BCUT2D eigenvalue weighted by Gasteiger charge is 2.30. The summed E-state index contributed by atoms with van der Waals surface area (Å²) in [4.78, 5) is 0. The maximum atomic E-state index is 6.07. The summed E-state index contributed by atoms with van der Waals surface area (Å²) < 4.78 is 11.4. The minimum absolute atomic E-state index is 0.234. The van der Waals surface area contributed by atoms with E-state index in [4.69, 9.17) is 9.47 Å². The fraction of sp³-hybridized carbons (Fsp3) is 0.684. The fourth-order valence-electron chi connectivity index (χ4n) is 2.97. The van der Waals surface area contributed by atoms with Crippen LogP contribution < -0.4 is 0 Å². The third-order valence-corrected chi connectivity index (χ3v) is 4.49. The molecule has 0 aromatic heterocycles. The van der Waals surface area contributed by atoms with Crippen molar-refractivity contribution in [3.63, 3.8) is 0 Å². The van der Waals surface area contributed by atoms with Crippen LogP contribution in [0.3, 0.4) is 0 Å². The van der Waals surface area contributed by atoms with Crippen molar-refractivity contribution in [1.82, 2.24) is 0 Å². The number of methoxy groups -OCH3 is 1. The van der Waals surface area contributed by atoms with Gasteiger partial charge in [0.2, 0.25) is 0 Å². The molecule has 0 bridgehead atoms. The number of allylic oxidation sites excluding steroid dienone is 3. The first-order chi connectivity index (χ1) is 9.55. The summed E-state index contributed by atoms with van der Waals surface area (Å²) in [6.45, 7) is 16.6. The lowest BCUT2D eigenvalue weighted by molar-refractivity contribution is -0.229. The summed E-state index contributed by atoms with van der Waals surface area (Å²) in [6.07, 6.45) is 9.87. The maximum Gasteiger partial charge on any atom is 0.163 e. The molecule has 21 heavy (non-hydrogen) atoms. The zero-order valence-corrected chi connectivity index (χ0v) is 14.9. The van der Waals surface area contributed by atoms with Gasteiger partial charge in [-0.2, -0.15) is 0 Å². The SMILES string of the molecule is C=CC(C)(/C=C/C1=C(C)CCCC1(C)C)OC(C)(C)OC. The van der Waals surface area contributed by atoms with Crippen molar-refractivity contribution in [1.29, 1.82) is 0 Å². The average molecular weight is 292 g/mol. The quantitative estimate of drug-likeness (QED) is 0.481. The monoisotopic (exact) mass is 292 g/mol. The predicted molar refractivity (Wildman–Crippen MR) is 90.2 cm³/mol. The zero-order valence-electron chi connectivity index (χ0n) is 14.9. The van der Waals surface area contributed by atoms with Crippen LogP contribution >= 0.6 is 0 Å². The largest absolute Gasteiger partial charge is 0.354 e. The minimum atomic E-state index is -0.640. The second-order valence-corrected chi connectivity index (χ2v) is 7.36. The molecule has 1 rings (SSSR count). The molecule has 0 heterocycles. The Morgan fingerprint density at radius 1 is 1.24 bits per heavy atom. The van der Waals surface area contributed by atoms with Gasteiger partial charge in [-0.3, -0.25) is 0 Å². The number of hydrogen-bond donors (Lipinski definition) is 0. The van der Waals surface area contributed by atoms with Gasteiger partial charge in [0.05, 0.1) is 0 Å². The lowest BCUT2D eigenvalue weighted by Gasteiger charge is -2.35. The van der Waals surface area contributed by atoms with Gasteiger partial charge < -0.3 is 9.47 Å². The first-order valence-electron chi connectivity index (χ1n) is 7.84. The van der Waals surface area contributed by atoms with Gasteiger partial charge in [-0.25, -0.2) is 0 Å². The molecule has 0 radical (unpaired) electrons. The van der Waals surface area contributed by atoms with E-state index in [0.717, 1.165) is 0 Å². The Bertz CT molecular complexity index is 440. The lowest BCUT2D eigenvalue weighted by atomic mass is 9.72. The van der Waals surface area contributed by atoms with Gasteiger partial charge in [-0.15, -0.1) is 0 Å². The summed E-state index contributed by atoms with van der Waals surface area (Å²) in [7, 11) is 1.66. The molecule has 1 aliphatic rings. The van der Waals surface area contributed by atoms with E-state index >= 15 is 0 Å². The van der Waals surface area contributed by atoms with Crippen molar-refractivity contribution >= 4 is 0 Å². The highest BCUT2D eigenvalue weighted by atomic mass is 16.7. The van der Waals surface area contributed by atoms with Gasteiger partial charge >= 0.3 is 0 Å². The number of hydrogen-bond acceptors (Lipinski definition) is 2. The van der Waals surface area contributed by atoms with Gasteiger partial charge in [0, 0.05) is 7.11 Å². The molecular formula is C19H32O2. The molecule has 0 saturated heterocycles. The van der Waals surface area contributed by atoms with Crippen molar-refractivity contribution < 1.29 is 9.47 Å². The highest BCUT2D eigenvalue weighted by molar-refractivity contribution is 5.34. The predicted octanol–water partition coefficient (Wildman–Crippen LogP) is 5.41. The van der Waals surface area contributed by atoms with E-state index in [0.29, 0.717) is 0 Å². The van der Waals surface area contributed by atoms with Crippen LogP contribution in [-0.4, -0.2) is 18.5 Å². The summed E-state index contributed by atoms with van der Waals surface area (Å²) in [5.74, 6) is -0.640. The van der Waals surface area contributed by atoms with E-state index in [2.05, 4.69) is 39.5 Å². The first-order valence-corrected chi connectivity index (χ1v) is 7.84. The van der Waals surface area contributed by atoms with Crippen LogP contribution in [0.2, 0.25) is 0 Å². The Kier molecular flexibility index (Phi) is 5.63. The molecule has 1 unspecified atom stereocenters. The molecule has 0 aromatic carbocycles. The van der Waals surface area contributed by atoms with Crippen molar-refractivity contribution in [2.45, 2.75) is 72.2 Å². The third-order valence-electron chi connectivity index (χ3n) is 4.49. The standard InChI is InChI=1S/C19H32O2/c1-9-19(7,21-18(5,6)20-8)14-12-16-15(2)11-10-13-17(16,3)4/h9,12,14H,1,10-11,13H2,2-8H3/b14-12+. The van der Waals surface area contributed by atoms with E-state index in [1.54, 1.807) is 7.11 Å². The molecule has 2 heteroatoms. The second-order valence-electron chi connectivity index (χ2n) is 7.36. The van der Waals surface area contributed by atoms with Crippen LogP contribution in [-0.2, 0) is 9.47 Å². The van der Waals surface area contributed by atoms with Crippen molar-refractivity contribution in [3.8, 4) is 0 Å². The minimum Gasteiger partial charge on any atom is -0.354 e. The Hall–Kier alpha value is -0.860. The summed E-state index contributed by atoms with van der Waals surface area (Å²) in [5.41, 5.74) is 2.61. The van der Waals surface area contributed by atoms with E-state index in [1.807, 2.05) is 26.8 Å². The van der Waals surface area contributed by atoms with Crippen molar-refractivity contribution in [3.05, 3.63) is 36.0 Å². The third kappa shape index (κ3) is 4.82. The molecule has 2 nitrogen and oxygen atoms in total. The van der Waals surface area contributed by atoms with Crippen molar-refractivity contribution in [2.75, 3.05) is 7.11 Å². The molecule has 0 saturated carbocycles. The Morgan fingerprint density at radius 2 is 1.86 bits per heavy atom. The highest BCUT2D eigenvalue weighted by Crippen LogP contribution is 2.41. The summed E-state index contributed by atoms with van der Waals surface area (Å²) in [5, 5.41) is 0. The molecule has 120 valence electrons. The van der Waals surface area contributed by atoms with E-state index in [-0.39, 0.29) is 5.41 Å². The molecule has 0 aromatic rings. The van der Waals surface area contributed by atoms with Crippen LogP contribution in [0.15, 0.2) is 36.0 Å². The van der Waals surface area contributed by atoms with Crippen molar-refractivity contribution in [2.24, 2.45) is 5.41 Å². The average Bonchev–Trinajstić information content (AvgIpc) is 2.37. The molecule has 0 amide bonds. The Morgan fingerprint density at radius 3 is 2.33 bits per heavy atom. The molecular weight excluding hydrogens is 260 g/mol. The fourth-order valence-corrected chi connectivity index (χ4v) is 2.97. The Balaban J connectivity index is 3.02. The summed E-state index contributed by atoms with van der Waals surface area (Å²) in [6, 6.07) is 0. The molecule has 0 aliphatic heterocycles. The molecule has 0 spiro atoms. The first kappa shape index (κ1) is 18.2. The normalized spacial score (nSPS) is 22.4. The van der Waals surface area contributed by atoms with Crippen LogP contribution in [0.4, 0.5) is 0 Å². The lowest BCUT2D eigenvalue weighted by Crippen LogP contribution is -2.37. The molecule has 1 atom stereocenters. The topological polar surface area (TPSA) is 18.5 Å². The second kappa shape index (κ2) is 6.50. The van der Waals surface area contributed by atoms with Gasteiger partial charge in [0.25, 0.3) is 0 Å². The van der Waals surface area contributed by atoms with Crippen LogP contribution in [0.1, 0.15) is 60.8 Å². The zero-order chi connectivity index (χ0) is 16.3. The number of ether oxygens (including phenoxy) is 2. The van der Waals surface area contributed by atoms with Crippen LogP contribution in [0.5, 0.6) is 0 Å².